The maximum atomic E-state index is 9.39. The molecule has 0 aliphatic heterocycles. The minimum atomic E-state index is 0.00727. The van der Waals surface area contributed by atoms with E-state index >= 15 is 0 Å². The van der Waals surface area contributed by atoms with Crippen molar-refractivity contribution in [3.05, 3.63) is 52.5 Å². The summed E-state index contributed by atoms with van der Waals surface area (Å²) in [5, 5.41) is 14.2. The predicted octanol–water partition coefficient (Wildman–Crippen LogP) is 4.42. The van der Waals surface area contributed by atoms with E-state index in [0.717, 1.165) is 5.56 Å². The van der Waals surface area contributed by atoms with Crippen LogP contribution in [0.1, 0.15) is 0 Å². The van der Waals surface area contributed by atoms with Gasteiger partial charge in [0.15, 0.2) is 0 Å². The van der Waals surface area contributed by atoms with Gasteiger partial charge in [0.2, 0.25) is 5.82 Å². The third kappa shape index (κ3) is 2.48. The Hall–Kier alpha value is -2.04. The van der Waals surface area contributed by atoms with Crippen LogP contribution in [-0.2, 0) is 0 Å². The molecule has 1 N–H and O–H groups in total. The SMILES string of the molecule is Oc1ccc(-c2nc(-c3ccc(Cl)cc3)no2)cc1Cl. The van der Waals surface area contributed by atoms with Gasteiger partial charge in [-0.1, -0.05) is 28.4 Å². The molecule has 0 aliphatic rings. The minimum absolute atomic E-state index is 0.00727. The van der Waals surface area contributed by atoms with E-state index in [-0.39, 0.29) is 10.8 Å². The molecule has 0 bridgehead atoms. The lowest BCUT2D eigenvalue weighted by atomic mass is 10.2. The molecule has 0 aliphatic carbocycles. The van der Waals surface area contributed by atoms with E-state index in [1.807, 2.05) is 0 Å². The first-order valence-corrected chi connectivity index (χ1v) is 6.47. The number of rotatable bonds is 2. The van der Waals surface area contributed by atoms with E-state index < -0.39 is 0 Å². The Labute approximate surface area is 124 Å². The van der Waals surface area contributed by atoms with Crippen LogP contribution in [0.4, 0.5) is 0 Å². The number of hydrogen-bond acceptors (Lipinski definition) is 4. The smallest absolute Gasteiger partial charge is 0.258 e. The Morgan fingerprint density at radius 3 is 2.35 bits per heavy atom. The molecule has 6 heteroatoms. The summed E-state index contributed by atoms with van der Waals surface area (Å²) in [4.78, 5) is 4.29. The second-order valence-corrected chi connectivity index (χ2v) is 4.94. The number of aromatic nitrogens is 2. The van der Waals surface area contributed by atoms with Crippen LogP contribution < -0.4 is 0 Å². The molecule has 0 amide bonds. The van der Waals surface area contributed by atoms with Gasteiger partial charge in [0.1, 0.15) is 5.75 Å². The predicted molar refractivity (Wildman–Crippen MR) is 76.9 cm³/mol. The van der Waals surface area contributed by atoms with Crippen LogP contribution >= 0.6 is 23.2 Å². The van der Waals surface area contributed by atoms with Gasteiger partial charge in [-0.25, -0.2) is 0 Å². The molecule has 3 aromatic rings. The van der Waals surface area contributed by atoms with Crippen molar-refractivity contribution in [3.63, 3.8) is 0 Å². The van der Waals surface area contributed by atoms with Crippen molar-refractivity contribution in [2.45, 2.75) is 0 Å². The molecule has 100 valence electrons. The second-order valence-electron chi connectivity index (χ2n) is 4.10. The topological polar surface area (TPSA) is 59.2 Å². The highest BCUT2D eigenvalue weighted by molar-refractivity contribution is 6.32. The third-order valence-electron chi connectivity index (χ3n) is 2.72. The van der Waals surface area contributed by atoms with Crippen LogP contribution in [0.2, 0.25) is 10.0 Å². The van der Waals surface area contributed by atoms with E-state index in [1.165, 1.54) is 6.07 Å². The van der Waals surface area contributed by atoms with Gasteiger partial charge in [-0.05, 0) is 42.5 Å². The van der Waals surface area contributed by atoms with E-state index in [2.05, 4.69) is 10.1 Å². The number of aromatic hydroxyl groups is 1. The van der Waals surface area contributed by atoms with Crippen molar-refractivity contribution in [1.82, 2.24) is 10.1 Å². The fourth-order valence-electron chi connectivity index (χ4n) is 1.70. The third-order valence-corrected chi connectivity index (χ3v) is 3.28. The molecule has 0 saturated heterocycles. The number of hydrogen-bond donors (Lipinski definition) is 1. The molecule has 1 heterocycles. The van der Waals surface area contributed by atoms with Crippen molar-refractivity contribution >= 4 is 23.2 Å². The van der Waals surface area contributed by atoms with Crippen molar-refractivity contribution in [2.24, 2.45) is 0 Å². The summed E-state index contributed by atoms with van der Waals surface area (Å²) in [6.07, 6.45) is 0. The van der Waals surface area contributed by atoms with E-state index in [9.17, 15) is 5.11 Å². The molecule has 2 aromatic carbocycles. The number of nitrogens with zero attached hydrogens (tertiary/aromatic N) is 2. The zero-order valence-electron chi connectivity index (χ0n) is 10.0. The average Bonchev–Trinajstić information content (AvgIpc) is 2.92. The Morgan fingerprint density at radius 1 is 0.950 bits per heavy atom. The molecule has 0 atom stereocenters. The largest absolute Gasteiger partial charge is 0.506 e. The maximum absolute atomic E-state index is 9.39. The summed E-state index contributed by atoms with van der Waals surface area (Å²) >= 11 is 11.7. The quantitative estimate of drug-likeness (QED) is 0.761. The second kappa shape index (κ2) is 5.15. The van der Waals surface area contributed by atoms with Gasteiger partial charge < -0.3 is 9.63 Å². The summed E-state index contributed by atoms with van der Waals surface area (Å²) in [6, 6.07) is 11.8. The summed E-state index contributed by atoms with van der Waals surface area (Å²) in [6.45, 7) is 0. The summed E-state index contributed by atoms with van der Waals surface area (Å²) in [5.41, 5.74) is 1.44. The standard InChI is InChI=1S/C14H8Cl2N2O2/c15-10-4-1-8(2-5-10)13-17-14(20-18-13)9-3-6-12(19)11(16)7-9/h1-7,19H. The molecule has 4 nitrogen and oxygen atoms in total. The first kappa shape index (κ1) is 13.0. The number of phenols is 1. The lowest BCUT2D eigenvalue weighted by molar-refractivity contribution is 0.432. The molecular weight excluding hydrogens is 299 g/mol. The molecule has 0 fully saturated rings. The minimum Gasteiger partial charge on any atom is -0.506 e. The summed E-state index contributed by atoms with van der Waals surface area (Å²) in [5.74, 6) is 0.797. The lowest BCUT2D eigenvalue weighted by Gasteiger charge is -1.97. The average molecular weight is 307 g/mol. The first-order valence-electron chi connectivity index (χ1n) is 5.72. The molecule has 0 spiro atoms. The normalized spacial score (nSPS) is 10.7. The van der Waals surface area contributed by atoms with Crippen molar-refractivity contribution in [1.29, 1.82) is 0 Å². The zero-order valence-corrected chi connectivity index (χ0v) is 11.6. The lowest BCUT2D eigenvalue weighted by Crippen LogP contribution is -1.81. The van der Waals surface area contributed by atoms with Gasteiger partial charge in [-0.15, -0.1) is 0 Å². The van der Waals surface area contributed by atoms with Gasteiger partial charge in [-0.3, -0.25) is 0 Å². The van der Waals surface area contributed by atoms with Crippen LogP contribution in [-0.4, -0.2) is 15.2 Å². The van der Waals surface area contributed by atoms with E-state index in [4.69, 9.17) is 27.7 Å². The Balaban J connectivity index is 1.97. The van der Waals surface area contributed by atoms with Crippen LogP contribution in [0.15, 0.2) is 47.0 Å². The highest BCUT2D eigenvalue weighted by atomic mass is 35.5. The molecule has 1 aromatic heterocycles. The maximum Gasteiger partial charge on any atom is 0.258 e. The fraction of sp³-hybridized carbons (Fsp3) is 0. The molecule has 0 unspecified atom stereocenters. The molecule has 0 radical (unpaired) electrons. The van der Waals surface area contributed by atoms with Crippen molar-refractivity contribution in [3.8, 4) is 28.6 Å². The van der Waals surface area contributed by atoms with Crippen LogP contribution in [0, 0.1) is 0 Å². The monoisotopic (exact) mass is 306 g/mol. The number of phenolic OH excluding ortho intramolecular Hbond substituents is 1. The Bertz CT molecular complexity index is 754. The van der Waals surface area contributed by atoms with Crippen LogP contribution in [0.3, 0.4) is 0 Å². The van der Waals surface area contributed by atoms with E-state index in [1.54, 1.807) is 36.4 Å². The molecular formula is C14H8Cl2N2O2. The molecule has 20 heavy (non-hydrogen) atoms. The highest BCUT2D eigenvalue weighted by Gasteiger charge is 2.12. The molecule has 3 rings (SSSR count). The first-order chi connectivity index (χ1) is 9.63. The van der Waals surface area contributed by atoms with E-state index in [0.29, 0.717) is 22.3 Å². The summed E-state index contributed by atoms with van der Waals surface area (Å²) in [7, 11) is 0. The van der Waals surface area contributed by atoms with Gasteiger partial charge in [0.05, 0.1) is 5.02 Å². The van der Waals surface area contributed by atoms with Crippen LogP contribution in [0.5, 0.6) is 5.75 Å². The van der Waals surface area contributed by atoms with Crippen molar-refractivity contribution < 1.29 is 9.63 Å². The van der Waals surface area contributed by atoms with Crippen molar-refractivity contribution in [2.75, 3.05) is 0 Å². The van der Waals surface area contributed by atoms with Gasteiger partial charge in [0, 0.05) is 16.1 Å². The highest BCUT2D eigenvalue weighted by Crippen LogP contribution is 2.29. The Kier molecular flexibility index (Phi) is 3.34. The number of halogens is 2. The molecule has 0 saturated carbocycles. The fourth-order valence-corrected chi connectivity index (χ4v) is 2.00. The van der Waals surface area contributed by atoms with Gasteiger partial charge in [0.25, 0.3) is 5.89 Å². The van der Waals surface area contributed by atoms with Gasteiger partial charge >= 0.3 is 0 Å². The number of benzene rings is 2. The Morgan fingerprint density at radius 2 is 1.65 bits per heavy atom. The van der Waals surface area contributed by atoms with Gasteiger partial charge in [-0.2, -0.15) is 4.98 Å². The van der Waals surface area contributed by atoms with Crippen LogP contribution in [0.25, 0.3) is 22.8 Å². The zero-order chi connectivity index (χ0) is 14.1. The summed E-state index contributed by atoms with van der Waals surface area (Å²) < 4.78 is 5.20.